The van der Waals surface area contributed by atoms with Gasteiger partial charge in [-0.3, -0.25) is 0 Å². The molecule has 0 aliphatic carbocycles. The second-order valence-corrected chi connectivity index (χ2v) is 9.63. The minimum absolute atomic E-state index is 0.215. The summed E-state index contributed by atoms with van der Waals surface area (Å²) in [7, 11) is 0. The highest BCUT2D eigenvalue weighted by Crippen LogP contribution is 2.31. The van der Waals surface area contributed by atoms with Gasteiger partial charge in [0.2, 0.25) is 0 Å². The molecule has 0 radical (unpaired) electrons. The number of aliphatic hydroxyl groups excluding tert-OH is 1. The Morgan fingerprint density at radius 2 is 1.88 bits per heavy atom. The van der Waals surface area contributed by atoms with Gasteiger partial charge < -0.3 is 19.4 Å². The van der Waals surface area contributed by atoms with Gasteiger partial charge in [0.1, 0.15) is 23.7 Å². The van der Waals surface area contributed by atoms with E-state index in [1.54, 1.807) is 18.2 Å². The second kappa shape index (κ2) is 9.78. The maximum absolute atomic E-state index is 11.2. The molecule has 2 aromatic carbocycles. The molecule has 2 unspecified atom stereocenters. The molecule has 5 heteroatoms. The zero-order chi connectivity index (χ0) is 23.5. The van der Waals surface area contributed by atoms with E-state index in [-0.39, 0.29) is 17.6 Å². The van der Waals surface area contributed by atoms with Crippen molar-refractivity contribution in [3.8, 4) is 5.75 Å². The van der Waals surface area contributed by atoms with Gasteiger partial charge >= 0.3 is 5.97 Å². The van der Waals surface area contributed by atoms with Crippen LogP contribution in [0.15, 0.2) is 46.9 Å². The van der Waals surface area contributed by atoms with Gasteiger partial charge in [-0.15, -0.1) is 0 Å². The Hall–Kier alpha value is -2.79. The van der Waals surface area contributed by atoms with Crippen LogP contribution in [0, 0.1) is 12.3 Å². The molecule has 0 amide bonds. The Kier molecular flexibility index (Phi) is 7.29. The molecule has 2 N–H and O–H groups in total. The largest absolute Gasteiger partial charge is 0.491 e. The molecule has 32 heavy (non-hydrogen) atoms. The van der Waals surface area contributed by atoms with Gasteiger partial charge in [0.25, 0.3) is 0 Å². The van der Waals surface area contributed by atoms with Crippen molar-refractivity contribution in [2.24, 2.45) is 5.41 Å². The highest BCUT2D eigenvalue weighted by molar-refractivity contribution is 5.93. The molecule has 0 aliphatic heterocycles. The van der Waals surface area contributed by atoms with Crippen LogP contribution in [0.25, 0.3) is 11.0 Å². The predicted molar refractivity (Wildman–Crippen MR) is 127 cm³/mol. The summed E-state index contributed by atoms with van der Waals surface area (Å²) in [5.41, 5.74) is 3.09. The van der Waals surface area contributed by atoms with E-state index in [4.69, 9.17) is 9.15 Å². The lowest BCUT2D eigenvalue weighted by Gasteiger charge is -2.26. The smallest absolute Gasteiger partial charge is 0.335 e. The zero-order valence-electron chi connectivity index (χ0n) is 19.6. The second-order valence-electron chi connectivity index (χ2n) is 9.63. The van der Waals surface area contributed by atoms with Gasteiger partial charge in [0.05, 0.1) is 11.7 Å². The van der Waals surface area contributed by atoms with Gasteiger partial charge in [-0.1, -0.05) is 39.8 Å². The Labute approximate surface area is 190 Å². The van der Waals surface area contributed by atoms with Crippen molar-refractivity contribution in [3.63, 3.8) is 0 Å². The van der Waals surface area contributed by atoms with Crippen molar-refractivity contribution >= 4 is 16.9 Å². The first kappa shape index (κ1) is 23.9. The van der Waals surface area contributed by atoms with Crippen molar-refractivity contribution in [1.82, 2.24) is 0 Å². The summed E-state index contributed by atoms with van der Waals surface area (Å²) < 4.78 is 11.8. The fourth-order valence-corrected chi connectivity index (χ4v) is 3.78. The van der Waals surface area contributed by atoms with Crippen molar-refractivity contribution in [2.75, 3.05) is 6.61 Å². The van der Waals surface area contributed by atoms with Gasteiger partial charge in [0.15, 0.2) is 0 Å². The van der Waals surface area contributed by atoms with Gasteiger partial charge in [0, 0.05) is 11.8 Å². The quantitative estimate of drug-likeness (QED) is 0.407. The van der Waals surface area contributed by atoms with Crippen LogP contribution in [0.4, 0.5) is 0 Å². The molecule has 0 aliphatic rings. The third-order valence-corrected chi connectivity index (χ3v) is 6.11. The van der Waals surface area contributed by atoms with Crippen LogP contribution in [0.1, 0.15) is 73.7 Å². The summed E-state index contributed by atoms with van der Waals surface area (Å²) in [6.07, 6.45) is 2.20. The monoisotopic (exact) mass is 438 g/mol. The number of aliphatic hydroxyl groups is 1. The molecule has 0 fully saturated rings. The Bertz CT molecular complexity index is 1070. The number of ether oxygens (including phenoxy) is 1. The van der Waals surface area contributed by atoms with E-state index < -0.39 is 12.1 Å². The average molecular weight is 439 g/mol. The number of rotatable bonds is 9. The standard InChI is InChI=1S/C27H34O5/c1-6-18(7-10-22-15-21-14-20(26(29)30)9-12-24(21)32-22)19-8-11-23(17(2)13-19)31-16-25(28)27(3,4)5/h8-9,11-15,18,25,28H,6-7,10,16H2,1-5H3,(H,29,30). The lowest BCUT2D eigenvalue weighted by Crippen LogP contribution is -2.32. The zero-order valence-corrected chi connectivity index (χ0v) is 19.6. The van der Waals surface area contributed by atoms with Gasteiger partial charge in [-0.25, -0.2) is 4.79 Å². The molecule has 0 spiro atoms. The number of carboxylic acids is 1. The highest BCUT2D eigenvalue weighted by atomic mass is 16.5. The number of carboxylic acid groups (broad SMARTS) is 1. The minimum Gasteiger partial charge on any atom is -0.491 e. The number of hydrogen-bond acceptors (Lipinski definition) is 4. The molecule has 2 atom stereocenters. The van der Waals surface area contributed by atoms with E-state index in [0.29, 0.717) is 11.5 Å². The molecule has 5 nitrogen and oxygen atoms in total. The summed E-state index contributed by atoms with van der Waals surface area (Å²) in [6, 6.07) is 13.2. The molecule has 3 rings (SSSR count). The summed E-state index contributed by atoms with van der Waals surface area (Å²) in [5.74, 6) is 1.12. The van der Waals surface area contributed by atoms with E-state index in [1.807, 2.05) is 39.8 Å². The number of benzene rings is 2. The number of carbonyl (C=O) groups is 1. The first-order valence-corrected chi connectivity index (χ1v) is 11.3. The fraction of sp³-hybridized carbons (Fsp3) is 0.444. The molecule has 172 valence electrons. The SMILES string of the molecule is CCC(CCc1cc2cc(C(=O)O)ccc2o1)c1ccc(OCC(O)C(C)(C)C)c(C)c1. The topological polar surface area (TPSA) is 79.9 Å². The maximum Gasteiger partial charge on any atom is 0.335 e. The van der Waals surface area contributed by atoms with Crippen LogP contribution >= 0.6 is 0 Å². The molecule has 1 aromatic heterocycles. The van der Waals surface area contributed by atoms with Crippen molar-refractivity contribution in [1.29, 1.82) is 0 Å². The number of furan rings is 1. The highest BCUT2D eigenvalue weighted by Gasteiger charge is 2.23. The Morgan fingerprint density at radius 3 is 2.50 bits per heavy atom. The van der Waals surface area contributed by atoms with E-state index in [9.17, 15) is 15.0 Å². The van der Waals surface area contributed by atoms with Crippen LogP contribution in [0.2, 0.25) is 0 Å². The van der Waals surface area contributed by atoms with Gasteiger partial charge in [-0.05, 0) is 72.6 Å². The van der Waals surface area contributed by atoms with E-state index in [1.165, 1.54) is 5.56 Å². The third-order valence-electron chi connectivity index (χ3n) is 6.11. The molecule has 0 saturated heterocycles. The lowest BCUT2D eigenvalue weighted by atomic mass is 9.89. The number of aromatic carboxylic acids is 1. The summed E-state index contributed by atoms with van der Waals surface area (Å²) in [6.45, 7) is 10.5. The molecule has 0 saturated carbocycles. The summed E-state index contributed by atoms with van der Waals surface area (Å²) in [5, 5.41) is 20.2. The van der Waals surface area contributed by atoms with E-state index >= 15 is 0 Å². The number of hydrogen-bond donors (Lipinski definition) is 2. The van der Waals surface area contributed by atoms with E-state index in [2.05, 4.69) is 19.1 Å². The predicted octanol–water partition coefficient (Wildman–Crippen LogP) is 6.35. The van der Waals surface area contributed by atoms with Crippen LogP contribution < -0.4 is 4.74 Å². The van der Waals surface area contributed by atoms with Crippen LogP contribution in [0.3, 0.4) is 0 Å². The molecular formula is C27H34O5. The molecule has 3 aromatic rings. The van der Waals surface area contributed by atoms with Crippen LogP contribution in [-0.2, 0) is 6.42 Å². The summed E-state index contributed by atoms with van der Waals surface area (Å²) in [4.78, 5) is 11.2. The van der Waals surface area contributed by atoms with Crippen molar-refractivity contribution < 1.29 is 24.2 Å². The lowest BCUT2D eigenvalue weighted by molar-refractivity contribution is 0.0216. The minimum atomic E-state index is -0.934. The number of aryl methyl sites for hydroxylation is 2. The maximum atomic E-state index is 11.2. The van der Waals surface area contributed by atoms with Gasteiger partial charge in [-0.2, -0.15) is 0 Å². The van der Waals surface area contributed by atoms with Crippen LogP contribution in [-0.4, -0.2) is 28.9 Å². The first-order chi connectivity index (χ1) is 15.1. The molecular weight excluding hydrogens is 404 g/mol. The molecule has 1 heterocycles. The van der Waals surface area contributed by atoms with E-state index in [0.717, 1.165) is 41.7 Å². The van der Waals surface area contributed by atoms with Crippen LogP contribution in [0.5, 0.6) is 5.75 Å². The Balaban J connectivity index is 1.66. The third kappa shape index (κ3) is 5.71. The fourth-order valence-electron chi connectivity index (χ4n) is 3.78. The normalized spacial score (nSPS) is 13.8. The van der Waals surface area contributed by atoms with Crippen molar-refractivity contribution in [2.45, 2.75) is 65.9 Å². The summed E-state index contributed by atoms with van der Waals surface area (Å²) >= 11 is 0. The number of fused-ring (bicyclic) bond motifs is 1. The average Bonchev–Trinajstić information content (AvgIpc) is 3.14. The van der Waals surface area contributed by atoms with Crippen molar-refractivity contribution in [3.05, 3.63) is 64.9 Å². The molecule has 0 bridgehead atoms. The Morgan fingerprint density at radius 1 is 1.12 bits per heavy atom. The first-order valence-electron chi connectivity index (χ1n) is 11.3.